The Balaban J connectivity index is 1.71. The van der Waals surface area contributed by atoms with E-state index in [9.17, 15) is 4.79 Å². The van der Waals surface area contributed by atoms with Crippen LogP contribution in [-0.4, -0.2) is 27.6 Å². The number of fused-ring (bicyclic) bond motifs is 3. The topological polar surface area (TPSA) is 58.2 Å². The molecule has 4 rings (SSSR count). The molecule has 0 unspecified atom stereocenters. The number of carbonyl (C=O) groups is 1. The van der Waals surface area contributed by atoms with Crippen LogP contribution in [0.3, 0.4) is 0 Å². The fourth-order valence-electron chi connectivity index (χ4n) is 3.11. The summed E-state index contributed by atoms with van der Waals surface area (Å²) in [7, 11) is 0. The molecule has 2 aromatic heterocycles. The summed E-state index contributed by atoms with van der Waals surface area (Å²) in [5.41, 5.74) is 5.59. The van der Waals surface area contributed by atoms with Crippen molar-refractivity contribution in [3.05, 3.63) is 54.0 Å². The summed E-state index contributed by atoms with van der Waals surface area (Å²) in [5.74, 6) is 0. The van der Waals surface area contributed by atoms with Crippen LogP contribution in [0.25, 0.3) is 22.0 Å². The molecular weight excluding hydrogens is 290 g/mol. The van der Waals surface area contributed by atoms with Crippen LogP contribution < -0.4 is 0 Å². The Morgan fingerprint density at radius 1 is 1.30 bits per heavy atom. The van der Waals surface area contributed by atoms with Gasteiger partial charge < -0.3 is 9.72 Å². The number of rotatable bonds is 2. The Hall–Kier alpha value is -2.82. The molecule has 1 aliphatic rings. The summed E-state index contributed by atoms with van der Waals surface area (Å²) < 4.78 is 5.10. The summed E-state index contributed by atoms with van der Waals surface area (Å²) in [4.78, 5) is 21.2. The van der Waals surface area contributed by atoms with E-state index in [2.05, 4.69) is 28.2 Å². The number of aromatic nitrogens is 2. The molecule has 1 amide bonds. The van der Waals surface area contributed by atoms with Gasteiger partial charge in [0, 0.05) is 40.1 Å². The SMILES string of the molecule is CCOC(=O)N1Cc2[nH]c3ccc(-c4cccnc4)cc3c2C1. The summed E-state index contributed by atoms with van der Waals surface area (Å²) >= 11 is 0. The third-order valence-corrected chi connectivity index (χ3v) is 4.21. The Morgan fingerprint density at radius 2 is 2.22 bits per heavy atom. The maximum atomic E-state index is 11.9. The predicted octanol–water partition coefficient (Wildman–Crippen LogP) is 3.70. The molecule has 3 heterocycles. The van der Waals surface area contributed by atoms with Crippen molar-refractivity contribution in [2.75, 3.05) is 6.61 Å². The summed E-state index contributed by atoms with van der Waals surface area (Å²) in [6, 6.07) is 10.3. The second-order valence-corrected chi connectivity index (χ2v) is 5.64. The molecule has 23 heavy (non-hydrogen) atoms. The highest BCUT2D eigenvalue weighted by Gasteiger charge is 2.27. The first kappa shape index (κ1) is 13.8. The number of nitrogens with zero attached hydrogens (tertiary/aromatic N) is 2. The molecule has 5 nitrogen and oxygen atoms in total. The number of benzene rings is 1. The monoisotopic (exact) mass is 307 g/mol. The van der Waals surface area contributed by atoms with Crippen LogP contribution in [0.15, 0.2) is 42.7 Å². The van der Waals surface area contributed by atoms with Gasteiger partial charge in [-0.2, -0.15) is 0 Å². The van der Waals surface area contributed by atoms with Crippen molar-refractivity contribution in [1.29, 1.82) is 0 Å². The fraction of sp³-hybridized carbons (Fsp3) is 0.222. The number of ether oxygens (including phenoxy) is 1. The molecule has 0 fully saturated rings. The van der Waals surface area contributed by atoms with Crippen molar-refractivity contribution in [2.24, 2.45) is 0 Å². The van der Waals surface area contributed by atoms with Crippen LogP contribution in [0.2, 0.25) is 0 Å². The molecule has 0 spiro atoms. The third-order valence-electron chi connectivity index (χ3n) is 4.21. The highest BCUT2D eigenvalue weighted by Crippen LogP contribution is 2.33. The summed E-state index contributed by atoms with van der Waals surface area (Å²) in [6.07, 6.45) is 3.38. The summed E-state index contributed by atoms with van der Waals surface area (Å²) in [6.45, 7) is 3.38. The van der Waals surface area contributed by atoms with Crippen molar-refractivity contribution in [2.45, 2.75) is 20.0 Å². The largest absolute Gasteiger partial charge is 0.450 e. The zero-order chi connectivity index (χ0) is 15.8. The second-order valence-electron chi connectivity index (χ2n) is 5.64. The highest BCUT2D eigenvalue weighted by molar-refractivity contribution is 5.90. The lowest BCUT2D eigenvalue weighted by Crippen LogP contribution is -2.26. The molecule has 1 aromatic carbocycles. The number of hydrogen-bond donors (Lipinski definition) is 1. The van der Waals surface area contributed by atoms with E-state index >= 15 is 0 Å². The zero-order valence-electron chi connectivity index (χ0n) is 12.9. The van der Waals surface area contributed by atoms with Crippen LogP contribution in [0.5, 0.6) is 0 Å². The van der Waals surface area contributed by atoms with Gasteiger partial charge in [-0.05, 0) is 30.7 Å². The standard InChI is InChI=1S/C18H17N3O2/c1-2-23-18(22)21-10-15-14-8-12(13-4-3-7-19-9-13)5-6-16(14)20-17(15)11-21/h3-9,20H,2,10-11H2,1H3. The number of H-pyrrole nitrogens is 1. The normalized spacial score (nSPS) is 13.3. The molecular formula is C18H17N3O2. The van der Waals surface area contributed by atoms with Gasteiger partial charge in [0.05, 0.1) is 19.7 Å². The number of carbonyl (C=O) groups excluding carboxylic acids is 1. The Morgan fingerprint density at radius 3 is 3.00 bits per heavy atom. The third kappa shape index (κ3) is 2.34. The average Bonchev–Trinajstić information content (AvgIpc) is 3.13. The van der Waals surface area contributed by atoms with E-state index in [1.807, 2.05) is 25.3 Å². The van der Waals surface area contributed by atoms with E-state index in [0.717, 1.165) is 27.7 Å². The fourth-order valence-corrected chi connectivity index (χ4v) is 3.11. The lowest BCUT2D eigenvalue weighted by Gasteiger charge is -2.14. The number of hydrogen-bond acceptors (Lipinski definition) is 3. The Kier molecular flexibility index (Phi) is 3.26. The predicted molar refractivity (Wildman–Crippen MR) is 87.8 cm³/mol. The van der Waals surface area contributed by atoms with Gasteiger partial charge in [-0.15, -0.1) is 0 Å². The van der Waals surface area contributed by atoms with Gasteiger partial charge >= 0.3 is 6.09 Å². The quantitative estimate of drug-likeness (QED) is 0.785. The number of nitrogens with one attached hydrogen (secondary N) is 1. The molecule has 0 aliphatic carbocycles. The molecule has 0 saturated heterocycles. The zero-order valence-corrected chi connectivity index (χ0v) is 12.9. The van der Waals surface area contributed by atoms with Crippen molar-refractivity contribution in [3.63, 3.8) is 0 Å². The Bertz CT molecular complexity index is 871. The van der Waals surface area contributed by atoms with Crippen LogP contribution >= 0.6 is 0 Å². The molecule has 0 radical (unpaired) electrons. The van der Waals surface area contributed by atoms with E-state index in [-0.39, 0.29) is 6.09 Å². The van der Waals surface area contributed by atoms with Gasteiger partial charge in [-0.1, -0.05) is 12.1 Å². The lowest BCUT2D eigenvalue weighted by atomic mass is 10.0. The first-order valence-electron chi connectivity index (χ1n) is 7.72. The molecule has 1 aliphatic heterocycles. The first-order valence-corrected chi connectivity index (χ1v) is 7.72. The second kappa shape index (κ2) is 5.43. The highest BCUT2D eigenvalue weighted by atomic mass is 16.6. The van der Waals surface area contributed by atoms with Crippen molar-refractivity contribution < 1.29 is 9.53 Å². The minimum Gasteiger partial charge on any atom is -0.450 e. The smallest absolute Gasteiger partial charge is 0.410 e. The van der Waals surface area contributed by atoms with Gasteiger partial charge in [-0.25, -0.2) is 4.79 Å². The van der Waals surface area contributed by atoms with Gasteiger partial charge in [0.1, 0.15) is 0 Å². The number of aromatic amines is 1. The van der Waals surface area contributed by atoms with Crippen LogP contribution in [0.1, 0.15) is 18.2 Å². The molecule has 0 atom stereocenters. The molecule has 116 valence electrons. The molecule has 0 saturated carbocycles. The number of pyridine rings is 1. The van der Waals surface area contributed by atoms with Crippen molar-refractivity contribution >= 4 is 17.0 Å². The average molecular weight is 307 g/mol. The van der Waals surface area contributed by atoms with E-state index in [1.54, 1.807) is 11.1 Å². The van der Waals surface area contributed by atoms with Gasteiger partial charge in [0.25, 0.3) is 0 Å². The summed E-state index contributed by atoms with van der Waals surface area (Å²) in [5, 5.41) is 1.16. The van der Waals surface area contributed by atoms with E-state index in [4.69, 9.17) is 4.74 Å². The van der Waals surface area contributed by atoms with Crippen molar-refractivity contribution in [1.82, 2.24) is 14.9 Å². The van der Waals surface area contributed by atoms with E-state index < -0.39 is 0 Å². The maximum Gasteiger partial charge on any atom is 0.410 e. The minimum atomic E-state index is -0.256. The maximum absolute atomic E-state index is 11.9. The molecule has 1 N–H and O–H groups in total. The molecule has 3 aromatic rings. The van der Waals surface area contributed by atoms with E-state index in [0.29, 0.717) is 19.7 Å². The van der Waals surface area contributed by atoms with Crippen LogP contribution in [-0.2, 0) is 17.8 Å². The van der Waals surface area contributed by atoms with Crippen LogP contribution in [0.4, 0.5) is 4.79 Å². The van der Waals surface area contributed by atoms with E-state index in [1.165, 1.54) is 5.56 Å². The van der Waals surface area contributed by atoms with Gasteiger partial charge in [-0.3, -0.25) is 9.88 Å². The molecule has 0 bridgehead atoms. The minimum absolute atomic E-state index is 0.256. The van der Waals surface area contributed by atoms with Gasteiger partial charge in [0.15, 0.2) is 0 Å². The first-order chi connectivity index (χ1) is 11.3. The number of amides is 1. The van der Waals surface area contributed by atoms with Gasteiger partial charge in [0.2, 0.25) is 0 Å². The molecule has 5 heteroatoms. The van der Waals surface area contributed by atoms with Crippen molar-refractivity contribution in [3.8, 4) is 11.1 Å². The van der Waals surface area contributed by atoms with Crippen LogP contribution in [0, 0.1) is 0 Å². The lowest BCUT2D eigenvalue weighted by molar-refractivity contribution is 0.106. The Labute approximate surface area is 133 Å².